The van der Waals surface area contributed by atoms with Gasteiger partial charge in [-0.25, -0.2) is 0 Å². The van der Waals surface area contributed by atoms with Crippen molar-refractivity contribution in [3.63, 3.8) is 0 Å². The Bertz CT molecular complexity index is 726. The SMILES string of the molecule is COc1ccc2c3c1O[C@@H]1[C@@H](O)C=C[C@@H]4[C@@H](C2)[N+](C)(C)CC[C@@]341. The molecule has 5 rings (SSSR count). The summed E-state index contributed by atoms with van der Waals surface area (Å²) in [7, 11) is 6.38. The number of likely N-dealkylation sites (tertiary alicyclic amines) is 1. The Balaban J connectivity index is 1.82. The largest absolute Gasteiger partial charge is 0.493 e. The van der Waals surface area contributed by atoms with Gasteiger partial charge in [-0.1, -0.05) is 18.2 Å². The zero-order valence-corrected chi connectivity index (χ0v) is 14.0. The van der Waals surface area contributed by atoms with Crippen molar-refractivity contribution >= 4 is 0 Å². The van der Waals surface area contributed by atoms with E-state index in [1.165, 1.54) is 11.1 Å². The fraction of sp³-hybridized carbons (Fsp3) is 0.579. The van der Waals surface area contributed by atoms with Gasteiger partial charge in [-0.15, -0.1) is 0 Å². The summed E-state index contributed by atoms with van der Waals surface area (Å²) in [5.41, 5.74) is 2.63. The molecule has 23 heavy (non-hydrogen) atoms. The maximum Gasteiger partial charge on any atom is 0.165 e. The summed E-state index contributed by atoms with van der Waals surface area (Å²) in [6, 6.07) is 4.79. The van der Waals surface area contributed by atoms with Crippen LogP contribution < -0.4 is 9.47 Å². The van der Waals surface area contributed by atoms with Crippen LogP contribution in [0.3, 0.4) is 0 Å². The van der Waals surface area contributed by atoms with Gasteiger partial charge in [0.05, 0.1) is 33.2 Å². The lowest BCUT2D eigenvalue weighted by Gasteiger charge is -2.58. The van der Waals surface area contributed by atoms with Crippen molar-refractivity contribution in [1.82, 2.24) is 0 Å². The predicted octanol–water partition coefficient (Wildman–Crippen LogP) is 1.65. The number of hydrogen-bond acceptors (Lipinski definition) is 3. The third-order valence-corrected chi connectivity index (χ3v) is 6.91. The van der Waals surface area contributed by atoms with Crippen molar-refractivity contribution in [3.8, 4) is 11.5 Å². The van der Waals surface area contributed by atoms with Gasteiger partial charge >= 0.3 is 0 Å². The van der Waals surface area contributed by atoms with Crippen LogP contribution in [0.15, 0.2) is 24.3 Å². The molecule has 1 aromatic rings. The molecule has 1 aromatic carbocycles. The van der Waals surface area contributed by atoms with Gasteiger partial charge in [-0.05, 0) is 11.6 Å². The van der Waals surface area contributed by atoms with E-state index < -0.39 is 6.10 Å². The van der Waals surface area contributed by atoms with E-state index in [0.29, 0.717) is 12.0 Å². The van der Waals surface area contributed by atoms with Crippen LogP contribution in [0.2, 0.25) is 0 Å². The molecule has 2 aliphatic carbocycles. The quantitative estimate of drug-likeness (QED) is 0.633. The van der Waals surface area contributed by atoms with E-state index >= 15 is 0 Å². The van der Waals surface area contributed by atoms with Crippen LogP contribution in [0.5, 0.6) is 11.5 Å². The number of nitrogens with zero attached hydrogens (tertiary/aromatic N) is 1. The van der Waals surface area contributed by atoms with Crippen molar-refractivity contribution in [2.24, 2.45) is 5.92 Å². The summed E-state index contributed by atoms with van der Waals surface area (Å²) < 4.78 is 12.9. The molecule has 0 amide bonds. The Morgan fingerprint density at radius 2 is 2.13 bits per heavy atom. The number of aliphatic hydroxyl groups is 1. The van der Waals surface area contributed by atoms with Gasteiger partial charge in [-0.2, -0.15) is 0 Å². The molecule has 4 nitrogen and oxygen atoms in total. The molecule has 0 unspecified atom stereocenters. The van der Waals surface area contributed by atoms with Crippen LogP contribution >= 0.6 is 0 Å². The highest BCUT2D eigenvalue weighted by Crippen LogP contribution is 2.63. The minimum absolute atomic E-state index is 0.0793. The number of likely N-dealkylation sites (N-methyl/N-ethyl adjacent to an activating group) is 1. The third-order valence-electron chi connectivity index (χ3n) is 6.91. The van der Waals surface area contributed by atoms with E-state index in [4.69, 9.17) is 9.47 Å². The molecule has 2 heterocycles. The summed E-state index contributed by atoms with van der Waals surface area (Å²) in [5, 5.41) is 10.6. The van der Waals surface area contributed by atoms with E-state index in [0.717, 1.165) is 35.4 Å². The van der Waals surface area contributed by atoms with Gasteiger partial charge in [0, 0.05) is 24.3 Å². The molecule has 5 atom stereocenters. The van der Waals surface area contributed by atoms with Crippen LogP contribution in [0, 0.1) is 5.92 Å². The smallest absolute Gasteiger partial charge is 0.165 e. The average molecular weight is 314 g/mol. The fourth-order valence-electron chi connectivity index (χ4n) is 5.75. The summed E-state index contributed by atoms with van der Waals surface area (Å²) in [4.78, 5) is 0. The zero-order valence-electron chi connectivity index (χ0n) is 14.0. The number of quaternary nitrogens is 1. The highest BCUT2D eigenvalue weighted by molar-refractivity contribution is 5.61. The van der Waals surface area contributed by atoms with Gasteiger partial charge in [0.1, 0.15) is 18.2 Å². The summed E-state index contributed by atoms with van der Waals surface area (Å²) in [5.74, 6) is 2.12. The van der Waals surface area contributed by atoms with Crippen molar-refractivity contribution in [1.29, 1.82) is 0 Å². The van der Waals surface area contributed by atoms with E-state index in [2.05, 4.69) is 26.2 Å². The van der Waals surface area contributed by atoms with E-state index in [9.17, 15) is 5.11 Å². The first kappa shape index (κ1) is 13.9. The van der Waals surface area contributed by atoms with Crippen molar-refractivity contribution in [2.45, 2.75) is 36.5 Å². The van der Waals surface area contributed by atoms with Gasteiger partial charge in [0.25, 0.3) is 0 Å². The van der Waals surface area contributed by atoms with E-state index in [1.54, 1.807) is 7.11 Å². The van der Waals surface area contributed by atoms with Gasteiger partial charge in [-0.3, -0.25) is 0 Å². The molecule has 0 saturated carbocycles. The maximum atomic E-state index is 10.6. The van der Waals surface area contributed by atoms with Gasteiger partial charge in [0.2, 0.25) is 0 Å². The van der Waals surface area contributed by atoms with Gasteiger partial charge < -0.3 is 19.1 Å². The lowest BCUT2D eigenvalue weighted by molar-refractivity contribution is -0.926. The first-order chi connectivity index (χ1) is 11.0. The van der Waals surface area contributed by atoms with Crippen molar-refractivity contribution in [3.05, 3.63) is 35.4 Å². The molecule has 2 aliphatic heterocycles. The topological polar surface area (TPSA) is 38.7 Å². The Morgan fingerprint density at radius 1 is 1.30 bits per heavy atom. The number of piperidine rings is 1. The predicted molar refractivity (Wildman–Crippen MR) is 86.8 cm³/mol. The maximum absolute atomic E-state index is 10.6. The molecule has 122 valence electrons. The van der Waals surface area contributed by atoms with Crippen LogP contribution in [-0.2, 0) is 11.8 Å². The molecule has 0 radical (unpaired) electrons. The second kappa shape index (κ2) is 4.11. The van der Waals surface area contributed by atoms with Crippen LogP contribution in [0.4, 0.5) is 0 Å². The Labute approximate surface area is 136 Å². The lowest BCUT2D eigenvalue weighted by atomic mass is 9.53. The molecule has 1 saturated heterocycles. The zero-order chi connectivity index (χ0) is 16.0. The van der Waals surface area contributed by atoms with Crippen molar-refractivity contribution < 1.29 is 19.1 Å². The van der Waals surface area contributed by atoms with Crippen LogP contribution in [0.1, 0.15) is 17.5 Å². The second-order valence-corrected chi connectivity index (χ2v) is 8.13. The minimum Gasteiger partial charge on any atom is -0.493 e. The normalized spacial score (nSPS) is 41.2. The highest BCUT2D eigenvalue weighted by atomic mass is 16.5. The Hall–Kier alpha value is -1.52. The molecular weight excluding hydrogens is 290 g/mol. The molecule has 1 fully saturated rings. The molecule has 4 aliphatic rings. The molecule has 4 heteroatoms. The van der Waals surface area contributed by atoms with Crippen LogP contribution in [0.25, 0.3) is 0 Å². The Kier molecular flexibility index (Phi) is 2.48. The highest BCUT2D eigenvalue weighted by Gasteiger charge is 2.67. The van der Waals surface area contributed by atoms with E-state index in [1.807, 2.05) is 12.1 Å². The number of ether oxygens (including phenoxy) is 2. The molecule has 0 aromatic heterocycles. The third kappa shape index (κ3) is 1.45. The minimum atomic E-state index is -0.538. The first-order valence-corrected chi connectivity index (χ1v) is 8.55. The fourth-order valence-corrected chi connectivity index (χ4v) is 5.75. The summed E-state index contributed by atoms with van der Waals surface area (Å²) in [6.07, 6.45) is 5.64. The average Bonchev–Trinajstić information content (AvgIpc) is 2.88. The molecule has 2 bridgehead atoms. The van der Waals surface area contributed by atoms with E-state index in [-0.39, 0.29) is 11.5 Å². The molecular formula is C19H24NO3+. The summed E-state index contributed by atoms with van der Waals surface area (Å²) >= 11 is 0. The molecule has 1 N–H and O–H groups in total. The standard InChI is InChI=1S/C19H24NO3/c1-20(2)9-8-19-12-5-6-14(21)18(19)23-17-15(22-3)7-4-11(16(17)19)10-13(12)20/h4-7,12-14,18,21H,8-10H2,1-3H3/q+1/t12-,13-,14+,18-,19+/m1/s1. The first-order valence-electron chi connectivity index (χ1n) is 8.55. The second-order valence-electron chi connectivity index (χ2n) is 8.13. The molecule has 1 spiro atoms. The number of rotatable bonds is 1. The number of hydrogen-bond donors (Lipinski definition) is 1. The Morgan fingerprint density at radius 3 is 2.91 bits per heavy atom. The van der Waals surface area contributed by atoms with Gasteiger partial charge in [0.15, 0.2) is 11.5 Å². The number of methoxy groups -OCH3 is 1. The van der Waals surface area contributed by atoms with Crippen molar-refractivity contribution in [2.75, 3.05) is 27.7 Å². The number of aliphatic hydroxyl groups excluding tert-OH is 1. The summed E-state index contributed by atoms with van der Waals surface area (Å²) in [6.45, 7) is 1.12. The van der Waals surface area contributed by atoms with Crippen LogP contribution in [-0.4, -0.2) is 55.6 Å². The monoisotopic (exact) mass is 314 g/mol. The lowest BCUT2D eigenvalue weighted by Crippen LogP contribution is -2.70. The number of benzene rings is 1.